The molecule has 5 nitrogen and oxygen atoms in total. The van der Waals surface area contributed by atoms with Crippen molar-refractivity contribution in [2.75, 3.05) is 17.5 Å². The Morgan fingerprint density at radius 2 is 1.75 bits per heavy atom. The van der Waals surface area contributed by atoms with Crippen molar-refractivity contribution in [2.45, 2.75) is 18.0 Å². The fourth-order valence-electron chi connectivity index (χ4n) is 2.26. The fraction of sp³-hybridized carbons (Fsp3) is 0.235. The van der Waals surface area contributed by atoms with Gasteiger partial charge in [0.05, 0.1) is 27.8 Å². The largest absolute Gasteiger partial charge is 0.465 e. The normalized spacial score (nSPS) is 11.9. The molecule has 28 heavy (non-hydrogen) atoms. The number of anilines is 1. The molecule has 2 aromatic carbocycles. The number of carbonyl (C=O) groups excluding carboxylic acids is 1. The topological polar surface area (TPSA) is 63.7 Å². The van der Waals surface area contributed by atoms with Crippen LogP contribution >= 0.6 is 11.6 Å². The molecule has 11 heteroatoms. The predicted octanol–water partition coefficient (Wildman–Crippen LogP) is 4.26. The van der Waals surface area contributed by atoms with Gasteiger partial charge in [-0.15, -0.1) is 0 Å². The molecule has 0 N–H and O–H groups in total. The Hall–Kier alpha value is -2.33. The highest BCUT2D eigenvalue weighted by atomic mass is 35.5. The predicted molar refractivity (Wildman–Crippen MR) is 94.0 cm³/mol. The van der Waals surface area contributed by atoms with Crippen molar-refractivity contribution in [2.24, 2.45) is 0 Å². The second kappa shape index (κ2) is 8.36. The van der Waals surface area contributed by atoms with E-state index in [2.05, 4.69) is 0 Å². The molecule has 0 aliphatic rings. The van der Waals surface area contributed by atoms with Crippen LogP contribution in [0.1, 0.15) is 12.5 Å². The van der Waals surface area contributed by atoms with Gasteiger partial charge in [0.2, 0.25) is 0 Å². The number of hydrogen-bond acceptors (Lipinski definition) is 4. The molecule has 0 bridgehead atoms. The SMILES string of the molecule is CCOC(=O)CN(c1ccc(Cl)c(C(F)(F)F)c1)S(=O)(=O)c1ccc(F)cc1. The third-order valence-electron chi connectivity index (χ3n) is 3.52. The van der Waals surface area contributed by atoms with E-state index in [1.165, 1.54) is 6.92 Å². The van der Waals surface area contributed by atoms with Crippen LogP contribution in [0.3, 0.4) is 0 Å². The van der Waals surface area contributed by atoms with Crippen LogP contribution in [0.25, 0.3) is 0 Å². The van der Waals surface area contributed by atoms with Gasteiger partial charge >= 0.3 is 12.1 Å². The first-order valence-corrected chi connectivity index (χ1v) is 9.59. The summed E-state index contributed by atoms with van der Waals surface area (Å²) in [5, 5.41) is -0.633. The highest BCUT2D eigenvalue weighted by molar-refractivity contribution is 7.92. The van der Waals surface area contributed by atoms with Crippen LogP contribution in [0.4, 0.5) is 23.2 Å². The van der Waals surface area contributed by atoms with Gasteiger partial charge in [-0.1, -0.05) is 11.6 Å². The highest BCUT2D eigenvalue weighted by Crippen LogP contribution is 2.38. The summed E-state index contributed by atoms with van der Waals surface area (Å²) in [6, 6.07) is 6.03. The lowest BCUT2D eigenvalue weighted by Crippen LogP contribution is -2.36. The monoisotopic (exact) mass is 439 g/mol. The molecule has 0 amide bonds. The molecule has 0 unspecified atom stereocenters. The Kier molecular flexibility index (Phi) is 6.56. The average molecular weight is 440 g/mol. The van der Waals surface area contributed by atoms with Crippen LogP contribution in [-0.2, 0) is 25.7 Å². The number of sulfonamides is 1. The van der Waals surface area contributed by atoms with E-state index in [9.17, 15) is 30.8 Å². The molecule has 0 aromatic heterocycles. The summed E-state index contributed by atoms with van der Waals surface area (Å²) < 4.78 is 83.6. The highest BCUT2D eigenvalue weighted by Gasteiger charge is 2.35. The van der Waals surface area contributed by atoms with E-state index in [1.807, 2.05) is 0 Å². The van der Waals surface area contributed by atoms with Crippen LogP contribution in [0.2, 0.25) is 5.02 Å². The van der Waals surface area contributed by atoms with E-state index >= 15 is 0 Å². The maximum atomic E-state index is 13.2. The van der Waals surface area contributed by atoms with Gasteiger partial charge in [0, 0.05) is 0 Å². The van der Waals surface area contributed by atoms with Crippen LogP contribution in [0.5, 0.6) is 0 Å². The van der Waals surface area contributed by atoms with Crippen molar-refractivity contribution >= 4 is 33.3 Å². The number of nitrogens with zero attached hydrogens (tertiary/aromatic N) is 1. The third kappa shape index (κ3) is 4.93. The molecular formula is C17H14ClF4NO4S. The Labute approximate surface area is 163 Å². The summed E-state index contributed by atoms with van der Waals surface area (Å²) in [6.45, 7) is 0.547. The molecule has 0 saturated carbocycles. The minimum absolute atomic E-state index is 0.0578. The molecule has 0 radical (unpaired) electrons. The van der Waals surface area contributed by atoms with E-state index in [4.69, 9.17) is 16.3 Å². The number of halogens is 5. The summed E-state index contributed by atoms with van der Waals surface area (Å²) in [5.74, 6) is -1.68. The van der Waals surface area contributed by atoms with Gasteiger partial charge in [-0.2, -0.15) is 13.2 Å². The van der Waals surface area contributed by atoms with Crippen LogP contribution < -0.4 is 4.31 Å². The van der Waals surface area contributed by atoms with Crippen LogP contribution in [-0.4, -0.2) is 27.5 Å². The second-order valence-corrected chi connectivity index (χ2v) is 7.70. The molecule has 0 aliphatic carbocycles. The Balaban J connectivity index is 2.60. The third-order valence-corrected chi connectivity index (χ3v) is 5.64. The van der Waals surface area contributed by atoms with E-state index in [0.29, 0.717) is 10.4 Å². The Morgan fingerprint density at radius 3 is 2.29 bits per heavy atom. The van der Waals surface area contributed by atoms with Gasteiger partial charge in [-0.3, -0.25) is 9.10 Å². The number of esters is 1. The number of benzene rings is 2. The summed E-state index contributed by atoms with van der Waals surface area (Å²) >= 11 is 5.57. The lowest BCUT2D eigenvalue weighted by Gasteiger charge is -2.24. The molecular weight excluding hydrogens is 426 g/mol. The van der Waals surface area contributed by atoms with Crippen molar-refractivity contribution in [3.63, 3.8) is 0 Å². The Bertz CT molecular complexity index is 962. The first kappa shape index (κ1) is 22.0. The minimum Gasteiger partial charge on any atom is -0.465 e. The maximum Gasteiger partial charge on any atom is 0.417 e. The molecule has 2 aromatic rings. The van der Waals surface area contributed by atoms with E-state index < -0.39 is 55.7 Å². The summed E-state index contributed by atoms with van der Waals surface area (Å²) in [7, 11) is -4.50. The van der Waals surface area contributed by atoms with Crippen molar-refractivity contribution < 1.29 is 35.5 Å². The van der Waals surface area contributed by atoms with Gasteiger partial charge in [-0.25, -0.2) is 12.8 Å². The fourth-order valence-corrected chi connectivity index (χ4v) is 3.88. The van der Waals surface area contributed by atoms with Gasteiger partial charge in [0.15, 0.2) is 0 Å². The molecule has 0 saturated heterocycles. The van der Waals surface area contributed by atoms with Crippen molar-refractivity contribution in [3.05, 3.63) is 58.9 Å². The van der Waals surface area contributed by atoms with E-state index in [1.54, 1.807) is 0 Å². The summed E-state index contributed by atoms with van der Waals surface area (Å²) in [4.78, 5) is 11.5. The zero-order valence-corrected chi connectivity index (χ0v) is 15.9. The van der Waals surface area contributed by atoms with Gasteiger partial charge in [0.25, 0.3) is 10.0 Å². The number of carbonyl (C=O) groups is 1. The summed E-state index contributed by atoms with van der Waals surface area (Å²) in [5.41, 5.74) is -1.72. The minimum atomic E-state index is -4.84. The number of alkyl halides is 3. The quantitative estimate of drug-likeness (QED) is 0.498. The first-order valence-electron chi connectivity index (χ1n) is 7.77. The van der Waals surface area contributed by atoms with Gasteiger partial charge in [-0.05, 0) is 49.4 Å². The van der Waals surface area contributed by atoms with E-state index in [0.717, 1.165) is 36.4 Å². The first-order chi connectivity index (χ1) is 13.0. The second-order valence-electron chi connectivity index (χ2n) is 5.43. The molecule has 152 valence electrons. The maximum absolute atomic E-state index is 13.2. The molecule has 0 spiro atoms. The van der Waals surface area contributed by atoms with Crippen LogP contribution in [0.15, 0.2) is 47.4 Å². The van der Waals surface area contributed by atoms with Crippen LogP contribution in [0, 0.1) is 5.82 Å². The van der Waals surface area contributed by atoms with Gasteiger partial charge in [0.1, 0.15) is 12.4 Å². The molecule has 0 heterocycles. The molecule has 0 fully saturated rings. The molecule has 0 atom stereocenters. The number of rotatable bonds is 6. The zero-order valence-electron chi connectivity index (χ0n) is 14.3. The van der Waals surface area contributed by atoms with Crippen molar-refractivity contribution in [3.8, 4) is 0 Å². The lowest BCUT2D eigenvalue weighted by atomic mass is 10.2. The summed E-state index contributed by atoms with van der Waals surface area (Å²) in [6.07, 6.45) is -4.84. The number of ether oxygens (including phenoxy) is 1. The zero-order chi connectivity index (χ0) is 21.1. The molecule has 0 aliphatic heterocycles. The van der Waals surface area contributed by atoms with Crippen molar-refractivity contribution in [1.29, 1.82) is 0 Å². The smallest absolute Gasteiger partial charge is 0.417 e. The molecule has 2 rings (SSSR count). The van der Waals surface area contributed by atoms with E-state index in [-0.39, 0.29) is 6.61 Å². The van der Waals surface area contributed by atoms with Crippen molar-refractivity contribution in [1.82, 2.24) is 0 Å². The average Bonchev–Trinajstić information content (AvgIpc) is 2.60. The lowest BCUT2D eigenvalue weighted by molar-refractivity contribution is -0.141. The standard InChI is InChI=1S/C17H14ClF4NO4S/c1-2-27-16(24)10-23(28(25,26)13-6-3-11(19)4-7-13)12-5-8-15(18)14(9-12)17(20,21)22/h3-9H,2,10H2,1H3. The Morgan fingerprint density at radius 1 is 1.14 bits per heavy atom. The van der Waals surface area contributed by atoms with Gasteiger partial charge < -0.3 is 4.74 Å². The number of hydrogen-bond donors (Lipinski definition) is 0.